The summed E-state index contributed by atoms with van der Waals surface area (Å²) < 4.78 is 4.97. The van der Waals surface area contributed by atoms with Crippen molar-refractivity contribution in [2.75, 3.05) is 6.61 Å². The fourth-order valence-electron chi connectivity index (χ4n) is 1.89. The molecule has 0 saturated carbocycles. The molecule has 26 heavy (non-hydrogen) atoms. The number of nitrogens with two attached hydrogens (primary N) is 2. The Kier molecular flexibility index (Phi) is 7.89. The molecule has 0 aliphatic carbocycles. The second kappa shape index (κ2) is 9.65. The van der Waals surface area contributed by atoms with Gasteiger partial charge in [-0.1, -0.05) is 5.16 Å². The molecule has 0 aliphatic rings. The first-order valence-electron chi connectivity index (χ1n) is 7.61. The fraction of sp³-hybridized carbons (Fsp3) is 0.615. The van der Waals surface area contributed by atoms with Crippen LogP contribution in [0.2, 0.25) is 0 Å². The number of hydrogen-bond donors (Lipinski definition) is 7. The minimum absolute atomic E-state index is 0.00876. The van der Waals surface area contributed by atoms with Crippen LogP contribution in [0.3, 0.4) is 0 Å². The molecule has 0 saturated heterocycles. The summed E-state index contributed by atoms with van der Waals surface area (Å²) in [6.45, 7) is 0.762. The van der Waals surface area contributed by atoms with Crippen LogP contribution < -0.4 is 22.1 Å². The highest BCUT2D eigenvalue weighted by Crippen LogP contribution is 2.18. The van der Waals surface area contributed by atoms with E-state index in [-0.39, 0.29) is 24.6 Å². The van der Waals surface area contributed by atoms with Crippen LogP contribution in [-0.4, -0.2) is 62.1 Å². The summed E-state index contributed by atoms with van der Waals surface area (Å²) in [5.41, 5.74) is 10.6. The van der Waals surface area contributed by atoms with Gasteiger partial charge in [0.25, 0.3) is 0 Å². The van der Waals surface area contributed by atoms with Crippen molar-refractivity contribution in [3.05, 3.63) is 11.7 Å². The topological polar surface area (TPSA) is 227 Å². The molecular weight excluding hydrogens is 352 g/mol. The molecule has 3 amide bonds. The molecule has 4 atom stereocenters. The summed E-state index contributed by atoms with van der Waals surface area (Å²) in [7, 11) is 0. The van der Waals surface area contributed by atoms with Crippen molar-refractivity contribution in [2.24, 2.45) is 11.5 Å². The number of aliphatic hydroxyl groups excluding tert-OH is 2. The monoisotopic (exact) mass is 374 g/mol. The van der Waals surface area contributed by atoms with Gasteiger partial charge >= 0.3 is 12.0 Å². The molecule has 13 heteroatoms. The molecule has 0 unspecified atom stereocenters. The highest BCUT2D eigenvalue weighted by atomic mass is 16.5. The van der Waals surface area contributed by atoms with E-state index < -0.39 is 48.7 Å². The lowest BCUT2D eigenvalue weighted by Gasteiger charge is -2.20. The minimum atomic E-state index is -1.55. The fourth-order valence-corrected chi connectivity index (χ4v) is 1.89. The smallest absolute Gasteiger partial charge is 0.328 e. The van der Waals surface area contributed by atoms with Crippen molar-refractivity contribution in [3.8, 4) is 0 Å². The predicted octanol–water partition coefficient (Wildman–Crippen LogP) is -2.50. The Bertz CT molecular complexity index is 634. The highest BCUT2D eigenvalue weighted by Gasteiger charge is 2.28. The predicted molar refractivity (Wildman–Crippen MR) is 84.3 cm³/mol. The van der Waals surface area contributed by atoms with Crippen molar-refractivity contribution in [2.45, 2.75) is 44.0 Å². The van der Waals surface area contributed by atoms with Gasteiger partial charge in [0.1, 0.15) is 6.04 Å². The number of aliphatic carboxylic acids is 1. The average molecular weight is 374 g/mol. The Morgan fingerprint density at radius 3 is 2.46 bits per heavy atom. The maximum atomic E-state index is 12.0. The van der Waals surface area contributed by atoms with Gasteiger partial charge in [-0.25, -0.2) is 9.59 Å². The molecule has 1 heterocycles. The molecule has 13 nitrogen and oxygen atoms in total. The van der Waals surface area contributed by atoms with Crippen molar-refractivity contribution < 1.29 is 34.2 Å². The van der Waals surface area contributed by atoms with Crippen LogP contribution >= 0.6 is 0 Å². The Hall–Kier alpha value is -2.77. The molecule has 0 aromatic carbocycles. The van der Waals surface area contributed by atoms with Crippen molar-refractivity contribution in [1.29, 1.82) is 0 Å². The van der Waals surface area contributed by atoms with Gasteiger partial charge in [0.2, 0.25) is 11.8 Å². The third-order valence-corrected chi connectivity index (χ3v) is 3.30. The second-order valence-electron chi connectivity index (χ2n) is 5.51. The van der Waals surface area contributed by atoms with Crippen molar-refractivity contribution in [1.82, 2.24) is 20.8 Å². The molecule has 1 aromatic rings. The summed E-state index contributed by atoms with van der Waals surface area (Å²) in [6.07, 6.45) is -1.49. The summed E-state index contributed by atoms with van der Waals surface area (Å²) in [5, 5.41) is 35.4. The zero-order chi connectivity index (χ0) is 19.9. The number of nitrogens with one attached hydrogen (secondary N) is 2. The van der Waals surface area contributed by atoms with Crippen LogP contribution in [0.25, 0.3) is 0 Å². The number of carboxylic acids is 1. The minimum Gasteiger partial charge on any atom is -0.480 e. The van der Waals surface area contributed by atoms with E-state index in [1.807, 2.05) is 0 Å². The lowest BCUT2D eigenvalue weighted by atomic mass is 10.1. The Morgan fingerprint density at radius 2 is 1.96 bits per heavy atom. The number of primary amides is 1. The first-order chi connectivity index (χ1) is 12.1. The van der Waals surface area contributed by atoms with Gasteiger partial charge in [-0.15, -0.1) is 0 Å². The van der Waals surface area contributed by atoms with Crippen LogP contribution in [-0.2, 0) is 9.59 Å². The molecule has 0 fully saturated rings. The van der Waals surface area contributed by atoms with Gasteiger partial charge in [-0.05, 0) is 13.3 Å². The van der Waals surface area contributed by atoms with E-state index in [9.17, 15) is 19.5 Å². The zero-order valence-corrected chi connectivity index (χ0v) is 14.0. The second-order valence-corrected chi connectivity index (χ2v) is 5.51. The number of nitrogens with zero attached hydrogens (tertiary/aromatic N) is 2. The van der Waals surface area contributed by atoms with Gasteiger partial charge in [0, 0.05) is 6.42 Å². The average Bonchev–Trinajstić information content (AvgIpc) is 3.04. The summed E-state index contributed by atoms with van der Waals surface area (Å²) in [5.74, 6) is -2.19. The molecule has 146 valence electrons. The van der Waals surface area contributed by atoms with E-state index in [1.54, 1.807) is 0 Å². The van der Waals surface area contributed by atoms with E-state index in [0.29, 0.717) is 0 Å². The molecule has 9 N–H and O–H groups in total. The third kappa shape index (κ3) is 6.27. The molecule has 0 spiro atoms. The van der Waals surface area contributed by atoms with Crippen molar-refractivity contribution >= 4 is 17.9 Å². The number of carbonyl (C=O) groups excluding carboxylic acids is 2. The first-order valence-corrected chi connectivity index (χ1v) is 7.61. The zero-order valence-electron chi connectivity index (χ0n) is 14.0. The van der Waals surface area contributed by atoms with E-state index in [0.717, 1.165) is 0 Å². The molecule has 0 radical (unpaired) electrons. The summed E-state index contributed by atoms with van der Waals surface area (Å²) in [6, 6.07) is -4.37. The number of carbonyl (C=O) groups is 3. The maximum absolute atomic E-state index is 12.0. The Labute approximate surface area is 147 Å². The number of carboxylic acid groups (broad SMARTS) is 1. The largest absolute Gasteiger partial charge is 0.480 e. The van der Waals surface area contributed by atoms with Gasteiger partial charge in [0.15, 0.2) is 11.9 Å². The van der Waals surface area contributed by atoms with Crippen LogP contribution in [0.5, 0.6) is 0 Å². The Morgan fingerprint density at radius 1 is 1.31 bits per heavy atom. The van der Waals surface area contributed by atoms with Crippen LogP contribution in [0.1, 0.15) is 43.6 Å². The number of aromatic nitrogens is 2. The normalized spacial score (nSPS) is 15.5. The molecule has 0 aliphatic heterocycles. The maximum Gasteiger partial charge on any atom is 0.328 e. The van der Waals surface area contributed by atoms with Gasteiger partial charge in [-0.2, -0.15) is 4.98 Å². The van der Waals surface area contributed by atoms with Gasteiger partial charge in [-0.3, -0.25) is 4.79 Å². The molecule has 0 bridgehead atoms. The first kappa shape index (κ1) is 21.3. The summed E-state index contributed by atoms with van der Waals surface area (Å²) in [4.78, 5) is 38.0. The van der Waals surface area contributed by atoms with E-state index >= 15 is 0 Å². The SMILES string of the molecule is C[C@@H](O)[C@H](NC(=O)N[C@@H](CCC(N)=O)c1nc([C@@H](N)CO)no1)C(=O)O. The number of aliphatic hydroxyl groups is 2. The van der Waals surface area contributed by atoms with E-state index in [4.69, 9.17) is 26.2 Å². The van der Waals surface area contributed by atoms with E-state index in [1.165, 1.54) is 6.92 Å². The van der Waals surface area contributed by atoms with Crippen LogP contribution in [0.4, 0.5) is 4.79 Å². The van der Waals surface area contributed by atoms with E-state index in [2.05, 4.69) is 20.8 Å². The van der Waals surface area contributed by atoms with Crippen LogP contribution in [0, 0.1) is 0 Å². The molecule has 1 rings (SSSR count). The highest BCUT2D eigenvalue weighted by molar-refractivity contribution is 5.83. The Balaban J connectivity index is 2.89. The standard InChI is InChI=1S/C13H22N6O7/c1-5(21)9(12(23)24)17-13(25)16-7(2-3-8(15)22)11-18-10(19-26-11)6(14)4-20/h5-7,9,20-21H,2-4,14H2,1H3,(H2,15,22)(H,23,24)(H2,16,17,25)/t5-,6+,7+,9+/m1/s1. The number of amides is 3. The molecule has 1 aromatic heterocycles. The number of hydrogen-bond acceptors (Lipinski definition) is 9. The van der Waals surface area contributed by atoms with Crippen molar-refractivity contribution in [3.63, 3.8) is 0 Å². The van der Waals surface area contributed by atoms with Gasteiger partial charge in [0.05, 0.1) is 18.8 Å². The lowest BCUT2D eigenvalue weighted by Crippen LogP contribution is -2.51. The number of rotatable bonds is 10. The molecular formula is C13H22N6O7. The third-order valence-electron chi connectivity index (χ3n) is 3.30. The van der Waals surface area contributed by atoms with Gasteiger partial charge < -0.3 is 41.9 Å². The van der Waals surface area contributed by atoms with Crippen LogP contribution in [0.15, 0.2) is 4.52 Å². The quantitative estimate of drug-likeness (QED) is 0.228. The number of urea groups is 1. The lowest BCUT2D eigenvalue weighted by molar-refractivity contribution is -0.141. The summed E-state index contributed by atoms with van der Waals surface area (Å²) >= 11 is 0.